The average molecular weight is 1040 g/mol. The van der Waals surface area contributed by atoms with Crippen LogP contribution in [0.5, 0.6) is 0 Å². The monoisotopic (exact) mass is 1040 g/mol. The number of rotatable bonds is 18. The molecule has 0 bridgehead atoms. The molecule has 3 aliphatic heterocycles. The standard InChI is InChI=1S/C32H33N5O2.C32H35N5O2/c1-21-28(34-22(2)31(21)30(38)11-8-18-36-16-6-7-17-36)20-26-25-19-23(12-13-27(25)35-32(26)39)29-14-15-33-37(29)24-9-4-3-5-10-24;1-5-36(6-2)18-10-13-30(38)31-21(3)28(34-22(31)4)20-26-25-19-23(14-15-27(25)35-32(26)39)29-16-17-33-37(29)24-11-8-7-9-12-24/h3-5,9-10,12-15,19-20,34H,6-8,11,16-18H2,1-2H3,(H,35,39);7-9,11-12,14-17,19-20,34H,5-6,10,13,18H2,1-4H3,(H,35,39)/b2*26-20-. The molecule has 0 spiro atoms. The van der Waals surface area contributed by atoms with E-state index in [-0.39, 0.29) is 23.4 Å². The van der Waals surface area contributed by atoms with Gasteiger partial charge in [0.05, 0.1) is 46.3 Å². The molecule has 0 saturated carbocycles. The molecule has 1 saturated heterocycles. The number of H-pyrrole nitrogens is 2. The van der Waals surface area contributed by atoms with Crippen molar-refractivity contribution in [3.05, 3.63) is 178 Å². The molecule has 1 fully saturated rings. The van der Waals surface area contributed by atoms with Crippen molar-refractivity contribution in [3.8, 4) is 33.9 Å². The van der Waals surface area contributed by atoms with Gasteiger partial charge in [-0.2, -0.15) is 10.2 Å². The fourth-order valence-electron chi connectivity index (χ4n) is 11.3. The van der Waals surface area contributed by atoms with E-state index in [0.29, 0.717) is 24.0 Å². The summed E-state index contributed by atoms with van der Waals surface area (Å²) in [5, 5.41) is 15.0. The number of carbonyl (C=O) groups is 4. The summed E-state index contributed by atoms with van der Waals surface area (Å²) in [5.74, 6) is 0.00458. The lowest BCUT2D eigenvalue weighted by Gasteiger charge is -2.17. The van der Waals surface area contributed by atoms with Crippen LogP contribution in [0.1, 0.15) is 118 Å². The maximum absolute atomic E-state index is 13.2. The van der Waals surface area contributed by atoms with E-state index in [2.05, 4.69) is 54.4 Å². The summed E-state index contributed by atoms with van der Waals surface area (Å²) in [6, 6.07) is 35.8. The molecule has 8 aromatic rings. The lowest BCUT2D eigenvalue weighted by molar-refractivity contribution is -0.111. The second-order valence-corrected chi connectivity index (χ2v) is 20.4. The average Bonchev–Trinajstić information content (AvgIpc) is 4.44. The fourth-order valence-corrected chi connectivity index (χ4v) is 11.3. The van der Waals surface area contributed by atoms with Crippen LogP contribution in [0, 0.1) is 27.7 Å². The van der Waals surface area contributed by atoms with Crippen LogP contribution in [0.2, 0.25) is 0 Å². The van der Waals surface area contributed by atoms with Crippen molar-refractivity contribution in [1.82, 2.24) is 39.3 Å². The highest BCUT2D eigenvalue weighted by Gasteiger charge is 2.29. The lowest BCUT2D eigenvalue weighted by Crippen LogP contribution is -2.24. The van der Waals surface area contributed by atoms with Gasteiger partial charge in [-0.15, -0.1) is 0 Å². The number of ketones is 2. The Morgan fingerprint density at radius 1 is 0.590 bits per heavy atom. The first kappa shape index (κ1) is 53.0. The molecule has 14 heteroatoms. The Balaban J connectivity index is 0.000000176. The zero-order chi connectivity index (χ0) is 54.5. The summed E-state index contributed by atoms with van der Waals surface area (Å²) in [4.78, 5) is 63.9. The van der Waals surface area contributed by atoms with Crippen LogP contribution in [-0.4, -0.2) is 102 Å². The Morgan fingerprint density at radius 2 is 1.04 bits per heavy atom. The van der Waals surface area contributed by atoms with Crippen LogP contribution >= 0.6 is 0 Å². The number of aryl methyl sites for hydroxylation is 2. The van der Waals surface area contributed by atoms with E-state index in [1.54, 1.807) is 12.4 Å². The third-order valence-corrected chi connectivity index (χ3v) is 15.4. The molecule has 0 aliphatic carbocycles. The van der Waals surface area contributed by atoms with Gasteiger partial charge in [-0.05, 0) is 177 Å². The number of amides is 2. The smallest absolute Gasteiger partial charge is 0.256 e. The van der Waals surface area contributed by atoms with E-state index >= 15 is 0 Å². The minimum absolute atomic E-state index is 0.144. The Morgan fingerprint density at radius 3 is 1.49 bits per heavy atom. The molecular formula is C64H68N10O4. The van der Waals surface area contributed by atoms with Crippen molar-refractivity contribution in [3.63, 3.8) is 0 Å². The largest absolute Gasteiger partial charge is 0.358 e. The molecule has 2 amide bonds. The molecule has 4 N–H and O–H groups in total. The number of anilines is 2. The van der Waals surface area contributed by atoms with Gasteiger partial charge in [0.25, 0.3) is 11.8 Å². The molecule has 3 aliphatic rings. The van der Waals surface area contributed by atoms with E-state index in [9.17, 15) is 19.2 Å². The summed E-state index contributed by atoms with van der Waals surface area (Å²) in [5.41, 5.74) is 16.7. The van der Waals surface area contributed by atoms with E-state index in [1.807, 2.05) is 158 Å². The number of hydrogen-bond acceptors (Lipinski definition) is 8. The molecule has 78 heavy (non-hydrogen) atoms. The number of likely N-dealkylation sites (tertiary alicyclic amines) is 1. The number of Topliss-reactive ketones (excluding diaryl/α,β-unsaturated/α-hetero) is 2. The van der Waals surface area contributed by atoms with Gasteiger partial charge in [0, 0.05) is 80.4 Å². The molecule has 7 heterocycles. The van der Waals surface area contributed by atoms with Gasteiger partial charge in [0.15, 0.2) is 11.6 Å². The van der Waals surface area contributed by atoms with Crippen molar-refractivity contribution in [2.75, 3.05) is 49.9 Å². The molecule has 0 radical (unpaired) electrons. The second kappa shape index (κ2) is 23.4. The van der Waals surface area contributed by atoms with Crippen molar-refractivity contribution in [2.24, 2.45) is 0 Å². The molecule has 0 atom stereocenters. The highest BCUT2D eigenvalue weighted by molar-refractivity contribution is 6.36. The maximum Gasteiger partial charge on any atom is 0.256 e. The quantitative estimate of drug-likeness (QED) is 0.0487. The van der Waals surface area contributed by atoms with Gasteiger partial charge in [-0.3, -0.25) is 19.2 Å². The Bertz CT molecular complexity index is 3360. The minimum atomic E-state index is -0.155. The van der Waals surface area contributed by atoms with E-state index < -0.39 is 0 Å². The lowest BCUT2D eigenvalue weighted by atomic mass is 9.99. The maximum atomic E-state index is 13.2. The van der Waals surface area contributed by atoms with Crippen LogP contribution < -0.4 is 10.6 Å². The molecule has 11 rings (SSSR count). The minimum Gasteiger partial charge on any atom is -0.358 e. The van der Waals surface area contributed by atoms with Crippen LogP contribution in [0.3, 0.4) is 0 Å². The van der Waals surface area contributed by atoms with Crippen molar-refractivity contribution < 1.29 is 19.2 Å². The zero-order valence-electron chi connectivity index (χ0n) is 45.5. The predicted molar refractivity (Wildman–Crippen MR) is 312 cm³/mol. The Kier molecular flexibility index (Phi) is 15.9. The molecule has 4 aromatic carbocycles. The van der Waals surface area contributed by atoms with Crippen molar-refractivity contribution >= 4 is 58.1 Å². The number of carbonyl (C=O) groups excluding carboxylic acids is 4. The van der Waals surface area contributed by atoms with Crippen molar-refractivity contribution in [2.45, 2.75) is 80.1 Å². The third-order valence-electron chi connectivity index (χ3n) is 15.4. The SMILES string of the molecule is CCN(CC)CCCC(=O)c1c(C)[nH]c(/C=C2\C(=O)Nc3ccc(-c4ccnn4-c4ccccc4)cc32)c1C.Cc1[nH]c(/C=C2\C(=O)Nc3ccc(-c4ccnn4-c4ccccc4)cc32)c(C)c1C(=O)CCCN1CCCC1. The number of para-hydroxylation sites is 2. The molecule has 4 aromatic heterocycles. The number of nitrogens with one attached hydrogen (secondary N) is 4. The summed E-state index contributed by atoms with van der Waals surface area (Å²) in [7, 11) is 0. The van der Waals surface area contributed by atoms with Gasteiger partial charge in [0.1, 0.15) is 0 Å². The summed E-state index contributed by atoms with van der Waals surface area (Å²) in [6.45, 7) is 18.2. The van der Waals surface area contributed by atoms with Crippen LogP contribution in [-0.2, 0) is 9.59 Å². The number of fused-ring (bicyclic) bond motifs is 2. The number of nitrogens with zero attached hydrogens (tertiary/aromatic N) is 6. The van der Waals surface area contributed by atoms with E-state index in [4.69, 9.17) is 0 Å². The van der Waals surface area contributed by atoms with E-state index in [1.165, 1.54) is 12.8 Å². The van der Waals surface area contributed by atoms with Gasteiger partial charge >= 0.3 is 0 Å². The van der Waals surface area contributed by atoms with Crippen LogP contribution in [0.25, 0.3) is 57.2 Å². The van der Waals surface area contributed by atoms with Crippen LogP contribution in [0.15, 0.2) is 122 Å². The Hall–Kier alpha value is -8.46. The van der Waals surface area contributed by atoms with Gasteiger partial charge in [0.2, 0.25) is 0 Å². The number of aromatic amines is 2. The fraction of sp³-hybridized carbons (Fsp3) is 0.281. The molecule has 14 nitrogen and oxygen atoms in total. The number of hydrogen-bond donors (Lipinski definition) is 4. The van der Waals surface area contributed by atoms with Gasteiger partial charge in [-0.25, -0.2) is 9.36 Å². The normalized spacial score (nSPS) is 15.0. The molecule has 398 valence electrons. The van der Waals surface area contributed by atoms with Gasteiger partial charge < -0.3 is 30.4 Å². The number of aromatic nitrogens is 6. The molecular weight excluding hydrogens is 973 g/mol. The first-order valence-electron chi connectivity index (χ1n) is 27.3. The predicted octanol–water partition coefficient (Wildman–Crippen LogP) is 12.3. The Labute approximate surface area is 456 Å². The summed E-state index contributed by atoms with van der Waals surface area (Å²) in [6.07, 6.45) is 12.6. The topological polar surface area (TPSA) is 166 Å². The summed E-state index contributed by atoms with van der Waals surface area (Å²) >= 11 is 0. The number of benzene rings is 4. The third kappa shape index (κ3) is 11.0. The zero-order valence-corrected chi connectivity index (χ0v) is 45.5. The first-order valence-corrected chi connectivity index (χ1v) is 27.3. The highest BCUT2D eigenvalue weighted by Crippen LogP contribution is 2.39. The highest BCUT2D eigenvalue weighted by atomic mass is 16.2. The van der Waals surface area contributed by atoms with Crippen LogP contribution in [0.4, 0.5) is 11.4 Å². The summed E-state index contributed by atoms with van der Waals surface area (Å²) < 4.78 is 3.79. The van der Waals surface area contributed by atoms with Gasteiger partial charge in [-0.1, -0.05) is 62.4 Å². The van der Waals surface area contributed by atoms with Crippen molar-refractivity contribution in [1.29, 1.82) is 0 Å². The van der Waals surface area contributed by atoms with E-state index in [0.717, 1.165) is 154 Å². The second-order valence-electron chi connectivity index (χ2n) is 20.4. The first-order chi connectivity index (χ1) is 37.9. The molecule has 0 unspecified atom stereocenters.